The van der Waals surface area contributed by atoms with Crippen LogP contribution in [0.1, 0.15) is 74.0 Å². The lowest BCUT2D eigenvalue weighted by Crippen LogP contribution is -2.39. The molecule has 0 saturated carbocycles. The summed E-state index contributed by atoms with van der Waals surface area (Å²) in [6.07, 6.45) is 11.0. The van der Waals surface area contributed by atoms with Crippen molar-refractivity contribution in [2.24, 2.45) is 17.0 Å². The van der Waals surface area contributed by atoms with Crippen LogP contribution in [-0.2, 0) is 20.8 Å². The summed E-state index contributed by atoms with van der Waals surface area (Å²) in [6, 6.07) is 3.99. The van der Waals surface area contributed by atoms with Crippen molar-refractivity contribution in [1.82, 2.24) is 4.90 Å². The lowest BCUT2D eigenvalue weighted by Gasteiger charge is -2.25. The Bertz CT molecular complexity index is 934. The average Bonchev–Trinajstić information content (AvgIpc) is 2.75. The van der Waals surface area contributed by atoms with E-state index in [2.05, 4.69) is 45.0 Å². The Morgan fingerprint density at radius 3 is 2.37 bits per heavy atom. The standard InChI is InChI=1S/C29H42N2O4/c1-21(2)18-31(19-22(3)4)27(32)20-35-30-26-13-11-9-7-8-10-12-14-34-29(33)28-24(6)15-23(5)16-25(28)17-26/h8,10-11,13,15-16,21-22H,7,9,12,14,17-20H2,1-6H3/b10-8+,13-11+,30-26-. The molecule has 0 atom stereocenters. The maximum absolute atomic E-state index is 12.9. The maximum atomic E-state index is 12.9. The summed E-state index contributed by atoms with van der Waals surface area (Å²) in [5, 5.41) is 4.33. The number of carbonyl (C=O) groups is 2. The molecule has 0 fully saturated rings. The Morgan fingerprint density at radius 1 is 1.03 bits per heavy atom. The first-order chi connectivity index (χ1) is 16.7. The summed E-state index contributed by atoms with van der Waals surface area (Å²) in [5.41, 5.74) is 4.03. The normalized spacial score (nSPS) is 18.1. The van der Waals surface area contributed by atoms with Gasteiger partial charge in [0.25, 0.3) is 5.91 Å². The molecule has 1 aliphatic heterocycles. The molecule has 1 heterocycles. The van der Waals surface area contributed by atoms with Crippen LogP contribution in [0.15, 0.2) is 41.6 Å². The number of nitrogens with zero attached hydrogens (tertiary/aromatic N) is 2. The lowest BCUT2D eigenvalue weighted by atomic mass is 9.95. The van der Waals surface area contributed by atoms with Crippen molar-refractivity contribution in [3.05, 3.63) is 58.7 Å². The smallest absolute Gasteiger partial charge is 0.338 e. The lowest BCUT2D eigenvalue weighted by molar-refractivity contribution is -0.137. The van der Waals surface area contributed by atoms with Crippen LogP contribution in [0.4, 0.5) is 0 Å². The van der Waals surface area contributed by atoms with Crippen molar-refractivity contribution in [1.29, 1.82) is 0 Å². The number of benzene rings is 1. The van der Waals surface area contributed by atoms with Crippen LogP contribution in [0, 0.1) is 25.7 Å². The Labute approximate surface area is 211 Å². The molecule has 0 N–H and O–H groups in total. The molecule has 2 rings (SSSR count). The first-order valence-electron chi connectivity index (χ1n) is 12.7. The van der Waals surface area contributed by atoms with E-state index in [4.69, 9.17) is 9.57 Å². The van der Waals surface area contributed by atoms with Crippen LogP contribution in [0.25, 0.3) is 0 Å². The summed E-state index contributed by atoms with van der Waals surface area (Å²) in [6.45, 7) is 14.0. The van der Waals surface area contributed by atoms with Crippen molar-refractivity contribution in [2.45, 2.75) is 67.2 Å². The average molecular weight is 483 g/mol. The fourth-order valence-corrected chi connectivity index (χ4v) is 4.16. The third-order valence-corrected chi connectivity index (χ3v) is 5.53. The number of aryl methyl sites for hydroxylation is 2. The molecule has 0 spiro atoms. The predicted molar refractivity (Wildman–Crippen MR) is 142 cm³/mol. The van der Waals surface area contributed by atoms with Crippen molar-refractivity contribution in [3.8, 4) is 0 Å². The number of hydrogen-bond donors (Lipinski definition) is 0. The number of amides is 1. The van der Waals surface area contributed by atoms with Crippen molar-refractivity contribution in [2.75, 3.05) is 26.3 Å². The molecule has 1 aliphatic rings. The molecule has 0 unspecified atom stereocenters. The van der Waals surface area contributed by atoms with Gasteiger partial charge in [0.15, 0.2) is 6.61 Å². The van der Waals surface area contributed by atoms with Gasteiger partial charge in [-0.25, -0.2) is 4.79 Å². The number of cyclic esters (lactones) is 1. The number of esters is 1. The first-order valence-corrected chi connectivity index (χ1v) is 12.7. The Morgan fingerprint density at radius 2 is 1.69 bits per heavy atom. The van der Waals surface area contributed by atoms with Crippen LogP contribution in [0.2, 0.25) is 0 Å². The predicted octanol–water partition coefficient (Wildman–Crippen LogP) is 5.81. The van der Waals surface area contributed by atoms with Crippen molar-refractivity contribution >= 4 is 17.6 Å². The number of carbonyl (C=O) groups excluding carboxylic acids is 2. The van der Waals surface area contributed by atoms with Crippen LogP contribution >= 0.6 is 0 Å². The SMILES string of the molecule is Cc1cc(C)c2c(c1)CC(=N\OCC(=O)N(CC(C)C)CC(C)C)/C=C/CC/C=C/CCOC2=O. The van der Waals surface area contributed by atoms with Gasteiger partial charge in [-0.2, -0.15) is 0 Å². The number of fused-ring (bicyclic) bond motifs is 1. The molecule has 0 saturated heterocycles. The first kappa shape index (κ1) is 28.3. The highest BCUT2D eigenvalue weighted by molar-refractivity contribution is 6.00. The van der Waals surface area contributed by atoms with Gasteiger partial charge in [-0.05, 0) is 62.1 Å². The van der Waals surface area contributed by atoms with Crippen LogP contribution < -0.4 is 0 Å². The van der Waals surface area contributed by atoms with E-state index in [9.17, 15) is 9.59 Å². The highest BCUT2D eigenvalue weighted by Gasteiger charge is 2.19. The summed E-state index contributed by atoms with van der Waals surface area (Å²) in [4.78, 5) is 33.1. The van der Waals surface area contributed by atoms with Crippen LogP contribution in [0.3, 0.4) is 0 Å². The largest absolute Gasteiger partial charge is 0.462 e. The molecule has 0 bridgehead atoms. The molecule has 35 heavy (non-hydrogen) atoms. The van der Waals surface area contributed by atoms with Crippen LogP contribution in [-0.4, -0.2) is 48.8 Å². The van der Waals surface area contributed by atoms with Gasteiger partial charge in [-0.1, -0.05) is 68.8 Å². The molecular formula is C29H42N2O4. The molecule has 1 aromatic carbocycles. The minimum Gasteiger partial charge on any atom is -0.462 e. The number of hydrogen-bond acceptors (Lipinski definition) is 5. The molecule has 0 aliphatic carbocycles. The number of oxime groups is 1. The highest BCUT2D eigenvalue weighted by Crippen LogP contribution is 2.20. The Hall–Kier alpha value is -2.89. The molecule has 0 aromatic heterocycles. The quantitative estimate of drug-likeness (QED) is 0.279. The molecule has 6 nitrogen and oxygen atoms in total. The van der Waals surface area contributed by atoms with Gasteiger partial charge in [-0.3, -0.25) is 4.79 Å². The third kappa shape index (κ3) is 10.1. The van der Waals surface area contributed by atoms with Gasteiger partial charge in [0, 0.05) is 19.5 Å². The van der Waals surface area contributed by atoms with E-state index in [0.717, 1.165) is 29.5 Å². The second-order valence-electron chi connectivity index (χ2n) is 10.1. The van der Waals surface area contributed by atoms with Gasteiger partial charge in [0.05, 0.1) is 17.9 Å². The minimum atomic E-state index is -0.319. The van der Waals surface area contributed by atoms with Gasteiger partial charge < -0.3 is 14.5 Å². The van der Waals surface area contributed by atoms with E-state index in [-0.39, 0.29) is 18.5 Å². The Kier molecular flexibility index (Phi) is 11.7. The van der Waals surface area contributed by atoms with Gasteiger partial charge in [0.1, 0.15) is 0 Å². The van der Waals surface area contributed by atoms with Gasteiger partial charge in [-0.15, -0.1) is 0 Å². The second kappa shape index (κ2) is 14.5. The summed E-state index contributed by atoms with van der Waals surface area (Å²) in [7, 11) is 0. The fourth-order valence-electron chi connectivity index (χ4n) is 4.16. The zero-order chi connectivity index (χ0) is 25.8. The molecule has 1 aromatic rings. The second-order valence-corrected chi connectivity index (χ2v) is 10.1. The fraction of sp³-hybridized carbons (Fsp3) is 0.552. The van der Waals surface area contributed by atoms with E-state index in [1.54, 1.807) is 0 Å². The van der Waals surface area contributed by atoms with E-state index < -0.39 is 0 Å². The van der Waals surface area contributed by atoms with Crippen molar-refractivity contribution in [3.63, 3.8) is 0 Å². The number of allylic oxidation sites excluding steroid dienone is 3. The third-order valence-electron chi connectivity index (χ3n) is 5.53. The summed E-state index contributed by atoms with van der Waals surface area (Å²) < 4.78 is 5.54. The Balaban J connectivity index is 2.27. The van der Waals surface area contributed by atoms with E-state index in [1.807, 2.05) is 43.0 Å². The van der Waals surface area contributed by atoms with E-state index in [0.29, 0.717) is 55.6 Å². The van der Waals surface area contributed by atoms with Crippen molar-refractivity contribution < 1.29 is 19.2 Å². The molecule has 1 amide bonds. The summed E-state index contributed by atoms with van der Waals surface area (Å²) >= 11 is 0. The van der Waals surface area contributed by atoms with Gasteiger partial charge in [0.2, 0.25) is 0 Å². The minimum absolute atomic E-state index is 0.0672. The van der Waals surface area contributed by atoms with E-state index >= 15 is 0 Å². The molecular weight excluding hydrogens is 440 g/mol. The number of ether oxygens (including phenoxy) is 1. The topological polar surface area (TPSA) is 68.2 Å². The van der Waals surface area contributed by atoms with Crippen LogP contribution in [0.5, 0.6) is 0 Å². The highest BCUT2D eigenvalue weighted by atomic mass is 16.6. The zero-order valence-corrected chi connectivity index (χ0v) is 22.3. The summed E-state index contributed by atoms with van der Waals surface area (Å²) in [5.74, 6) is 0.370. The molecule has 6 heteroatoms. The van der Waals surface area contributed by atoms with E-state index in [1.165, 1.54) is 0 Å². The molecule has 192 valence electrons. The maximum Gasteiger partial charge on any atom is 0.338 e. The molecule has 0 radical (unpaired) electrons. The number of rotatable bonds is 7. The zero-order valence-electron chi connectivity index (χ0n) is 22.3. The monoisotopic (exact) mass is 482 g/mol. The van der Waals surface area contributed by atoms with Gasteiger partial charge >= 0.3 is 5.97 Å².